The van der Waals surface area contributed by atoms with E-state index < -0.39 is 23.3 Å². The molecule has 4 rings (SSSR count). The Bertz CT molecular complexity index is 1190. The molecule has 0 spiro atoms. The first-order chi connectivity index (χ1) is 15.9. The lowest BCUT2D eigenvalue weighted by Crippen LogP contribution is -2.00. The van der Waals surface area contributed by atoms with Gasteiger partial charge in [-0.3, -0.25) is 0 Å². The molecule has 0 nitrogen and oxygen atoms in total. The van der Waals surface area contributed by atoms with Crippen LogP contribution in [-0.4, -0.2) is 0 Å². The average Bonchev–Trinajstić information content (AvgIpc) is 3.18. The smallest absolute Gasteiger partial charge is 0.167 e. The highest BCUT2D eigenvalue weighted by Gasteiger charge is 2.31. The maximum absolute atomic E-state index is 15.0. The van der Waals surface area contributed by atoms with E-state index in [-0.39, 0.29) is 28.7 Å². The predicted octanol–water partition coefficient (Wildman–Crippen LogP) is 8.67. The van der Waals surface area contributed by atoms with Crippen molar-refractivity contribution in [2.45, 2.75) is 58.8 Å². The first-order valence-corrected chi connectivity index (χ1v) is 11.7. The van der Waals surface area contributed by atoms with Gasteiger partial charge in [-0.05, 0) is 59.6 Å². The van der Waals surface area contributed by atoms with Gasteiger partial charge in [0.2, 0.25) is 0 Å². The molecule has 0 radical (unpaired) electrons. The van der Waals surface area contributed by atoms with Gasteiger partial charge >= 0.3 is 0 Å². The molecule has 0 aromatic heterocycles. The van der Waals surface area contributed by atoms with Crippen LogP contribution < -0.4 is 0 Å². The van der Waals surface area contributed by atoms with E-state index in [1.54, 1.807) is 18.2 Å². The molecular formula is C29H28F4. The lowest BCUT2D eigenvalue weighted by atomic mass is 9.98. The normalized spacial score (nSPS) is 12.4. The lowest BCUT2D eigenvalue weighted by molar-refractivity contribution is 0.494. The van der Waals surface area contributed by atoms with Crippen molar-refractivity contribution >= 4 is 12.2 Å². The highest BCUT2D eigenvalue weighted by molar-refractivity contribution is 5.81. The first kappa shape index (κ1) is 23.3. The van der Waals surface area contributed by atoms with Crippen LogP contribution in [-0.2, 0) is 19.3 Å². The second-order valence-electron chi connectivity index (χ2n) is 8.78. The third-order valence-corrected chi connectivity index (χ3v) is 6.33. The van der Waals surface area contributed by atoms with Crippen molar-refractivity contribution in [1.29, 1.82) is 0 Å². The summed E-state index contributed by atoms with van der Waals surface area (Å²) in [4.78, 5) is 0. The molecule has 0 saturated carbocycles. The van der Waals surface area contributed by atoms with Gasteiger partial charge in [-0.25, -0.2) is 17.6 Å². The van der Waals surface area contributed by atoms with Gasteiger partial charge in [-0.15, -0.1) is 0 Å². The van der Waals surface area contributed by atoms with Crippen molar-refractivity contribution < 1.29 is 17.6 Å². The quantitative estimate of drug-likeness (QED) is 0.142. The fourth-order valence-corrected chi connectivity index (χ4v) is 4.60. The molecule has 3 aromatic rings. The molecule has 0 unspecified atom stereocenters. The monoisotopic (exact) mass is 452 g/mol. The Kier molecular flexibility index (Phi) is 7.02. The second-order valence-corrected chi connectivity index (χ2v) is 8.78. The second kappa shape index (κ2) is 9.94. The molecule has 0 heterocycles. The van der Waals surface area contributed by atoms with Crippen molar-refractivity contribution in [2.75, 3.05) is 0 Å². The van der Waals surface area contributed by atoms with Crippen LogP contribution in [0.4, 0.5) is 17.6 Å². The highest BCUT2D eigenvalue weighted by Crippen LogP contribution is 2.43. The standard InChI is InChI=1S/C29H28F4/c1-3-5-6-8-18-9-11-19(12-10-18)13-14-21-16-23-17-22-15-20(7-4-2)26(30)28(32)24(22)25(23)29(33)27(21)31/h9-16H,3-8,17H2,1-2H3/b14-13+. The Hall–Kier alpha value is -2.88. The van der Waals surface area contributed by atoms with E-state index in [2.05, 4.69) is 19.1 Å². The largest absolute Gasteiger partial charge is 0.203 e. The van der Waals surface area contributed by atoms with E-state index in [9.17, 15) is 13.2 Å². The van der Waals surface area contributed by atoms with Crippen molar-refractivity contribution in [3.63, 3.8) is 0 Å². The SMILES string of the molecule is CCCCCc1ccc(/C=C/c2cc3c(c(F)c2F)-c2c(cc(CCC)c(F)c2F)C3)cc1. The van der Waals surface area contributed by atoms with Crippen LogP contribution in [0.15, 0.2) is 36.4 Å². The van der Waals surface area contributed by atoms with Crippen LogP contribution >= 0.6 is 0 Å². The van der Waals surface area contributed by atoms with Gasteiger partial charge in [0.15, 0.2) is 23.3 Å². The number of unbranched alkanes of at least 4 members (excludes halogenated alkanes) is 2. The van der Waals surface area contributed by atoms with Crippen molar-refractivity contribution in [3.8, 4) is 11.1 Å². The van der Waals surface area contributed by atoms with Gasteiger partial charge in [0, 0.05) is 16.7 Å². The number of halogens is 4. The molecule has 0 atom stereocenters. The molecule has 1 aliphatic carbocycles. The predicted molar refractivity (Wildman–Crippen MR) is 127 cm³/mol. The molecule has 0 fully saturated rings. The minimum Gasteiger partial charge on any atom is -0.203 e. The van der Waals surface area contributed by atoms with Crippen molar-refractivity contribution in [2.24, 2.45) is 0 Å². The summed E-state index contributed by atoms with van der Waals surface area (Å²) in [5.74, 6) is -4.23. The fourth-order valence-electron chi connectivity index (χ4n) is 4.60. The molecule has 0 N–H and O–H groups in total. The van der Waals surface area contributed by atoms with E-state index in [0.717, 1.165) is 18.4 Å². The maximum Gasteiger partial charge on any atom is 0.167 e. The summed E-state index contributed by atoms with van der Waals surface area (Å²) in [6, 6.07) is 11.2. The van der Waals surface area contributed by atoms with Gasteiger partial charge in [0.25, 0.3) is 0 Å². The van der Waals surface area contributed by atoms with Gasteiger partial charge < -0.3 is 0 Å². The molecule has 0 aliphatic heterocycles. The molecule has 0 bridgehead atoms. The van der Waals surface area contributed by atoms with Crippen LogP contribution in [0.5, 0.6) is 0 Å². The van der Waals surface area contributed by atoms with E-state index in [1.165, 1.54) is 24.5 Å². The number of fused-ring (bicyclic) bond motifs is 3. The minimum absolute atomic E-state index is 0.0979. The zero-order chi connectivity index (χ0) is 23.5. The number of rotatable bonds is 8. The van der Waals surface area contributed by atoms with Crippen LogP contribution in [0.3, 0.4) is 0 Å². The summed E-state index contributed by atoms with van der Waals surface area (Å²) < 4.78 is 59.2. The summed E-state index contributed by atoms with van der Waals surface area (Å²) in [6.07, 6.45) is 9.14. The lowest BCUT2D eigenvalue weighted by Gasteiger charge is -2.10. The van der Waals surface area contributed by atoms with Gasteiger partial charge in [-0.2, -0.15) is 0 Å². The summed E-state index contributed by atoms with van der Waals surface area (Å²) in [5.41, 5.74) is 3.19. The molecule has 1 aliphatic rings. The first-order valence-electron chi connectivity index (χ1n) is 11.7. The van der Waals surface area contributed by atoms with Crippen molar-refractivity contribution in [1.82, 2.24) is 0 Å². The van der Waals surface area contributed by atoms with Crippen molar-refractivity contribution in [3.05, 3.63) is 93.0 Å². The summed E-state index contributed by atoms with van der Waals surface area (Å²) >= 11 is 0. The Morgan fingerprint density at radius 1 is 0.697 bits per heavy atom. The van der Waals surface area contributed by atoms with Gasteiger partial charge in [-0.1, -0.05) is 75.6 Å². The molecule has 33 heavy (non-hydrogen) atoms. The Balaban J connectivity index is 1.62. The van der Waals surface area contributed by atoms with Crippen LogP contribution in [0, 0.1) is 23.3 Å². The number of hydrogen-bond acceptors (Lipinski definition) is 0. The molecule has 172 valence electrons. The molecule has 3 aromatic carbocycles. The van der Waals surface area contributed by atoms with Gasteiger partial charge in [0.05, 0.1) is 0 Å². The Morgan fingerprint density at radius 2 is 1.36 bits per heavy atom. The summed E-state index contributed by atoms with van der Waals surface area (Å²) in [7, 11) is 0. The minimum atomic E-state index is -1.13. The topological polar surface area (TPSA) is 0 Å². The molecule has 4 heteroatoms. The molecule has 0 amide bonds. The van der Waals surface area contributed by atoms with E-state index in [0.29, 0.717) is 24.0 Å². The van der Waals surface area contributed by atoms with Crippen LogP contribution in [0.1, 0.15) is 72.9 Å². The van der Waals surface area contributed by atoms with E-state index in [4.69, 9.17) is 0 Å². The van der Waals surface area contributed by atoms with Crippen LogP contribution in [0.2, 0.25) is 0 Å². The van der Waals surface area contributed by atoms with E-state index >= 15 is 4.39 Å². The number of aryl methyl sites for hydroxylation is 2. The molecule has 0 saturated heterocycles. The third-order valence-electron chi connectivity index (χ3n) is 6.33. The third kappa shape index (κ3) is 4.62. The number of benzene rings is 3. The highest BCUT2D eigenvalue weighted by atomic mass is 19.2. The average molecular weight is 453 g/mol. The fraction of sp³-hybridized carbons (Fsp3) is 0.310. The zero-order valence-electron chi connectivity index (χ0n) is 19.1. The van der Waals surface area contributed by atoms with Gasteiger partial charge in [0.1, 0.15) is 0 Å². The Labute approximate surface area is 193 Å². The zero-order valence-corrected chi connectivity index (χ0v) is 19.1. The summed E-state index contributed by atoms with van der Waals surface area (Å²) in [6.45, 7) is 4.05. The summed E-state index contributed by atoms with van der Waals surface area (Å²) in [5, 5.41) is 0. The van der Waals surface area contributed by atoms with E-state index in [1.807, 2.05) is 19.1 Å². The van der Waals surface area contributed by atoms with Crippen LogP contribution in [0.25, 0.3) is 23.3 Å². The number of hydrogen-bond donors (Lipinski definition) is 0. The molecular weight excluding hydrogens is 424 g/mol. The Morgan fingerprint density at radius 3 is 2.03 bits per heavy atom. The maximum atomic E-state index is 15.0.